The van der Waals surface area contributed by atoms with E-state index >= 15 is 0 Å². The van der Waals surface area contributed by atoms with E-state index in [4.69, 9.17) is 23.2 Å². The number of aromatic nitrogens is 1. The van der Waals surface area contributed by atoms with E-state index in [-0.39, 0.29) is 27.4 Å². The van der Waals surface area contributed by atoms with E-state index in [1.165, 1.54) is 6.07 Å². The first-order valence-electron chi connectivity index (χ1n) is 5.98. The van der Waals surface area contributed by atoms with Crippen LogP contribution in [-0.2, 0) is 16.4 Å². The number of rotatable bonds is 5. The summed E-state index contributed by atoms with van der Waals surface area (Å²) in [7, 11) is -3.72. The molecule has 0 bridgehead atoms. The zero-order valence-corrected chi connectivity index (χ0v) is 13.1. The maximum absolute atomic E-state index is 12.1. The number of para-hydroxylation sites is 1. The Balaban J connectivity index is 2.05. The highest BCUT2D eigenvalue weighted by Crippen LogP contribution is 2.22. The van der Waals surface area contributed by atoms with Crippen molar-refractivity contribution < 1.29 is 13.5 Å². The molecular weight excluding hydrogens is 335 g/mol. The zero-order valence-electron chi connectivity index (χ0n) is 10.8. The van der Waals surface area contributed by atoms with E-state index in [0.29, 0.717) is 12.0 Å². The van der Waals surface area contributed by atoms with Crippen LogP contribution in [0.25, 0.3) is 0 Å². The third kappa shape index (κ3) is 4.07. The number of sulfonamides is 1. The molecule has 0 atom stereocenters. The molecule has 0 radical (unpaired) electrons. The number of phenols is 1. The summed E-state index contributed by atoms with van der Waals surface area (Å²) in [5.74, 6) is 0.132. The summed E-state index contributed by atoms with van der Waals surface area (Å²) in [5, 5.41) is 9.72. The lowest BCUT2D eigenvalue weighted by Gasteiger charge is -2.08. The van der Waals surface area contributed by atoms with Crippen molar-refractivity contribution in [1.29, 1.82) is 0 Å². The van der Waals surface area contributed by atoms with Gasteiger partial charge in [0.05, 0.1) is 5.02 Å². The fraction of sp³-hybridized carbons (Fsp3) is 0.154. The molecule has 8 heteroatoms. The van der Waals surface area contributed by atoms with Gasteiger partial charge in [0, 0.05) is 12.7 Å². The van der Waals surface area contributed by atoms with Gasteiger partial charge < -0.3 is 5.11 Å². The van der Waals surface area contributed by atoms with Crippen LogP contribution in [0.2, 0.25) is 10.2 Å². The van der Waals surface area contributed by atoms with Crippen molar-refractivity contribution in [2.45, 2.75) is 11.3 Å². The zero-order chi connectivity index (χ0) is 15.5. The summed E-state index contributed by atoms with van der Waals surface area (Å²) in [6.07, 6.45) is 1.50. The van der Waals surface area contributed by atoms with Crippen LogP contribution in [0.3, 0.4) is 0 Å². The van der Waals surface area contributed by atoms with Crippen molar-refractivity contribution in [1.82, 2.24) is 9.71 Å². The molecule has 0 unspecified atom stereocenters. The molecule has 1 aromatic carbocycles. The van der Waals surface area contributed by atoms with Gasteiger partial charge in [-0.15, -0.1) is 0 Å². The number of halogens is 2. The minimum absolute atomic E-state index is 0.0461. The van der Waals surface area contributed by atoms with Crippen molar-refractivity contribution >= 4 is 33.2 Å². The van der Waals surface area contributed by atoms with Gasteiger partial charge in [-0.3, -0.25) is 0 Å². The van der Waals surface area contributed by atoms with Crippen molar-refractivity contribution in [2.24, 2.45) is 0 Å². The highest BCUT2D eigenvalue weighted by atomic mass is 35.5. The quantitative estimate of drug-likeness (QED) is 0.815. The summed E-state index contributed by atoms with van der Waals surface area (Å²) in [4.78, 5) is 3.64. The molecule has 0 amide bonds. The van der Waals surface area contributed by atoms with E-state index in [9.17, 15) is 13.5 Å². The molecule has 0 spiro atoms. The summed E-state index contributed by atoms with van der Waals surface area (Å²) < 4.78 is 26.5. The Bertz CT molecular complexity index is 751. The highest BCUT2D eigenvalue weighted by molar-refractivity contribution is 7.89. The molecule has 1 aromatic heterocycles. The Morgan fingerprint density at radius 2 is 1.95 bits per heavy atom. The lowest BCUT2D eigenvalue weighted by Crippen LogP contribution is -2.26. The summed E-state index contributed by atoms with van der Waals surface area (Å²) >= 11 is 11.4. The maximum atomic E-state index is 12.1. The number of hydrogen-bond acceptors (Lipinski definition) is 4. The predicted octanol–water partition coefficient (Wildman–Crippen LogP) is 2.62. The normalized spacial score (nSPS) is 11.5. The van der Waals surface area contributed by atoms with Crippen LogP contribution in [0, 0.1) is 0 Å². The number of phenolic OH excluding ortho intramolecular Hbond substituents is 1. The summed E-state index contributed by atoms with van der Waals surface area (Å²) in [5.41, 5.74) is 0.660. The molecular formula is C13H12Cl2N2O3S. The number of pyridine rings is 1. The minimum atomic E-state index is -3.72. The van der Waals surface area contributed by atoms with Gasteiger partial charge in [0.15, 0.2) is 0 Å². The van der Waals surface area contributed by atoms with Gasteiger partial charge in [-0.05, 0) is 24.1 Å². The SMILES string of the molecule is O=S(=O)(NCCc1ccccc1O)c1cnc(Cl)c(Cl)c1. The van der Waals surface area contributed by atoms with E-state index in [1.54, 1.807) is 24.3 Å². The lowest BCUT2D eigenvalue weighted by molar-refractivity contribution is 0.467. The van der Waals surface area contributed by atoms with Crippen molar-refractivity contribution in [3.63, 3.8) is 0 Å². The van der Waals surface area contributed by atoms with Crippen LogP contribution in [0.15, 0.2) is 41.4 Å². The molecule has 2 N–H and O–H groups in total. The summed E-state index contributed by atoms with van der Waals surface area (Å²) in [6, 6.07) is 7.98. The Morgan fingerprint density at radius 1 is 1.24 bits per heavy atom. The third-order valence-electron chi connectivity index (χ3n) is 2.76. The van der Waals surface area contributed by atoms with Gasteiger partial charge in [0.2, 0.25) is 10.0 Å². The first-order chi connectivity index (χ1) is 9.90. The molecule has 0 saturated carbocycles. The van der Waals surface area contributed by atoms with E-state index in [1.807, 2.05) is 0 Å². The van der Waals surface area contributed by atoms with Crippen LogP contribution in [0.4, 0.5) is 0 Å². The summed E-state index contributed by atoms with van der Waals surface area (Å²) in [6.45, 7) is 0.139. The van der Waals surface area contributed by atoms with Gasteiger partial charge in [0.1, 0.15) is 15.8 Å². The molecule has 0 aliphatic carbocycles. The van der Waals surface area contributed by atoms with Crippen LogP contribution in [0.1, 0.15) is 5.56 Å². The fourth-order valence-corrected chi connectivity index (χ4v) is 3.01. The number of aromatic hydroxyl groups is 1. The number of nitrogens with zero attached hydrogens (tertiary/aromatic N) is 1. The Labute approximate surface area is 132 Å². The van der Waals surface area contributed by atoms with Gasteiger partial charge >= 0.3 is 0 Å². The number of nitrogens with one attached hydrogen (secondary N) is 1. The number of hydrogen-bond donors (Lipinski definition) is 2. The van der Waals surface area contributed by atoms with E-state index in [2.05, 4.69) is 9.71 Å². The first-order valence-corrected chi connectivity index (χ1v) is 8.21. The molecule has 0 saturated heterocycles. The van der Waals surface area contributed by atoms with Crippen LogP contribution in [0.5, 0.6) is 5.75 Å². The van der Waals surface area contributed by atoms with E-state index < -0.39 is 10.0 Å². The van der Waals surface area contributed by atoms with Gasteiger partial charge in [-0.1, -0.05) is 41.4 Å². The fourth-order valence-electron chi connectivity index (χ4n) is 1.68. The second-order valence-corrected chi connectivity index (χ2v) is 6.75. The average molecular weight is 347 g/mol. The van der Waals surface area contributed by atoms with Crippen LogP contribution >= 0.6 is 23.2 Å². The molecule has 112 valence electrons. The molecule has 0 aliphatic rings. The second-order valence-electron chi connectivity index (χ2n) is 4.22. The smallest absolute Gasteiger partial charge is 0.242 e. The van der Waals surface area contributed by atoms with Crippen LogP contribution in [-0.4, -0.2) is 25.1 Å². The molecule has 2 aromatic rings. The van der Waals surface area contributed by atoms with Crippen molar-refractivity contribution in [3.05, 3.63) is 52.3 Å². The second kappa shape index (κ2) is 6.62. The molecule has 5 nitrogen and oxygen atoms in total. The molecule has 0 aliphatic heterocycles. The predicted molar refractivity (Wildman–Crippen MR) is 81.3 cm³/mol. The standard InChI is InChI=1S/C13H12Cl2N2O3S/c14-11-7-10(8-16-13(11)15)21(19,20)17-6-5-9-3-1-2-4-12(9)18/h1-4,7-8,17-18H,5-6H2. The largest absolute Gasteiger partial charge is 0.508 e. The first kappa shape index (κ1) is 16.0. The lowest BCUT2D eigenvalue weighted by atomic mass is 10.1. The Kier molecular flexibility index (Phi) is 5.05. The highest BCUT2D eigenvalue weighted by Gasteiger charge is 2.16. The van der Waals surface area contributed by atoms with Crippen molar-refractivity contribution in [3.8, 4) is 5.75 Å². The average Bonchev–Trinajstić information content (AvgIpc) is 2.44. The van der Waals surface area contributed by atoms with Crippen molar-refractivity contribution in [2.75, 3.05) is 6.54 Å². The monoisotopic (exact) mass is 346 g/mol. The van der Waals surface area contributed by atoms with Gasteiger partial charge in [-0.25, -0.2) is 18.1 Å². The minimum Gasteiger partial charge on any atom is -0.508 e. The Hall–Kier alpha value is -1.34. The van der Waals surface area contributed by atoms with Gasteiger partial charge in [0.25, 0.3) is 0 Å². The van der Waals surface area contributed by atoms with Gasteiger partial charge in [-0.2, -0.15) is 0 Å². The molecule has 21 heavy (non-hydrogen) atoms. The maximum Gasteiger partial charge on any atom is 0.242 e. The molecule has 0 fully saturated rings. The van der Waals surface area contributed by atoms with E-state index in [0.717, 1.165) is 6.20 Å². The third-order valence-corrected chi connectivity index (χ3v) is 4.87. The topological polar surface area (TPSA) is 79.3 Å². The van der Waals surface area contributed by atoms with Crippen LogP contribution < -0.4 is 4.72 Å². The molecule has 1 heterocycles. The Morgan fingerprint density at radius 3 is 2.62 bits per heavy atom. The number of benzene rings is 1. The molecule has 2 rings (SSSR count).